The van der Waals surface area contributed by atoms with Crippen LogP contribution in [0.1, 0.15) is 11.9 Å². The second-order valence-electron chi connectivity index (χ2n) is 4.90. The molecule has 1 aromatic heterocycles. The maximum atomic E-state index is 6.08. The number of fused-ring (bicyclic) bond motifs is 1. The Morgan fingerprint density at radius 1 is 1.14 bits per heavy atom. The highest BCUT2D eigenvalue weighted by Crippen LogP contribution is 2.33. The lowest BCUT2D eigenvalue weighted by molar-refractivity contribution is 0.355. The lowest BCUT2D eigenvalue weighted by atomic mass is 10.1. The van der Waals surface area contributed by atoms with Gasteiger partial charge in [0.15, 0.2) is 11.5 Å². The molecule has 0 spiro atoms. The second kappa shape index (κ2) is 5.71. The number of hydrogen-bond acceptors (Lipinski definition) is 7. The Bertz CT molecular complexity index is 655. The summed E-state index contributed by atoms with van der Waals surface area (Å²) in [7, 11) is 3.19. The van der Waals surface area contributed by atoms with E-state index in [1.54, 1.807) is 20.3 Å². The summed E-state index contributed by atoms with van der Waals surface area (Å²) in [6, 6.07) is 3.70. The average molecular weight is 289 g/mol. The Morgan fingerprint density at radius 2 is 1.90 bits per heavy atom. The van der Waals surface area contributed by atoms with E-state index in [4.69, 9.17) is 15.2 Å². The van der Waals surface area contributed by atoms with E-state index in [0.717, 1.165) is 30.5 Å². The monoisotopic (exact) mass is 289 g/mol. The van der Waals surface area contributed by atoms with Crippen molar-refractivity contribution in [3.63, 3.8) is 0 Å². The van der Waals surface area contributed by atoms with Gasteiger partial charge in [0.25, 0.3) is 0 Å². The molecule has 0 amide bonds. The summed E-state index contributed by atoms with van der Waals surface area (Å²) in [4.78, 5) is 9.04. The Kier molecular flexibility index (Phi) is 3.76. The van der Waals surface area contributed by atoms with Crippen molar-refractivity contribution in [2.45, 2.75) is 6.04 Å². The molecule has 7 nitrogen and oxygen atoms in total. The minimum atomic E-state index is 0.0681. The summed E-state index contributed by atoms with van der Waals surface area (Å²) in [6.45, 7) is 2.63. The first-order valence-electron chi connectivity index (χ1n) is 6.86. The van der Waals surface area contributed by atoms with Crippen LogP contribution in [0.3, 0.4) is 0 Å². The maximum Gasteiger partial charge on any atom is 0.162 e. The van der Waals surface area contributed by atoms with E-state index < -0.39 is 0 Å². The molecular weight excluding hydrogens is 270 g/mol. The topological polar surface area (TPSA) is 94.3 Å². The molecule has 1 fully saturated rings. The van der Waals surface area contributed by atoms with Gasteiger partial charge < -0.3 is 25.8 Å². The largest absolute Gasteiger partial charge is 0.493 e. The van der Waals surface area contributed by atoms with E-state index in [1.165, 1.54) is 0 Å². The van der Waals surface area contributed by atoms with Gasteiger partial charge in [0.1, 0.15) is 11.6 Å². The number of aromatic nitrogens is 2. The van der Waals surface area contributed by atoms with Crippen LogP contribution in [0, 0.1) is 0 Å². The van der Waals surface area contributed by atoms with Crippen LogP contribution >= 0.6 is 0 Å². The van der Waals surface area contributed by atoms with Crippen molar-refractivity contribution in [3.05, 3.63) is 18.0 Å². The van der Waals surface area contributed by atoms with E-state index in [1.807, 2.05) is 6.07 Å². The van der Waals surface area contributed by atoms with Crippen molar-refractivity contribution in [1.29, 1.82) is 0 Å². The first-order valence-corrected chi connectivity index (χ1v) is 6.86. The molecule has 1 aromatic carbocycles. The number of methoxy groups -OCH3 is 2. The summed E-state index contributed by atoms with van der Waals surface area (Å²) in [6.07, 6.45) is 0. The van der Waals surface area contributed by atoms with Crippen molar-refractivity contribution in [2.75, 3.05) is 39.6 Å². The third-order valence-corrected chi connectivity index (χ3v) is 3.60. The number of nitrogen functional groups attached to an aromatic ring is 1. The van der Waals surface area contributed by atoms with Gasteiger partial charge in [-0.3, -0.25) is 0 Å². The summed E-state index contributed by atoms with van der Waals surface area (Å²) in [5, 5.41) is 7.46. The fourth-order valence-corrected chi connectivity index (χ4v) is 2.49. The lowest BCUT2D eigenvalue weighted by Gasteiger charge is -2.23. The van der Waals surface area contributed by atoms with Gasteiger partial charge in [-0.2, -0.15) is 0 Å². The molecule has 2 heterocycles. The molecule has 7 heteroatoms. The lowest BCUT2D eigenvalue weighted by Crippen LogP contribution is -2.43. The van der Waals surface area contributed by atoms with E-state index in [2.05, 4.69) is 20.6 Å². The first-order chi connectivity index (χ1) is 10.2. The molecule has 2 aromatic rings. The number of nitrogens with two attached hydrogens (primary N) is 1. The molecule has 1 saturated heterocycles. The number of anilines is 1. The molecule has 112 valence electrons. The molecular formula is C14H19N5O2. The summed E-state index contributed by atoms with van der Waals surface area (Å²) in [5.74, 6) is 2.39. The zero-order chi connectivity index (χ0) is 14.8. The normalized spacial score (nSPS) is 18.7. The molecule has 0 aliphatic carbocycles. The third kappa shape index (κ3) is 2.57. The predicted molar refractivity (Wildman–Crippen MR) is 80.7 cm³/mol. The van der Waals surface area contributed by atoms with Crippen molar-refractivity contribution >= 4 is 16.7 Å². The van der Waals surface area contributed by atoms with Gasteiger partial charge >= 0.3 is 0 Å². The zero-order valence-corrected chi connectivity index (χ0v) is 12.1. The van der Waals surface area contributed by atoms with Gasteiger partial charge in [-0.1, -0.05) is 0 Å². The summed E-state index contributed by atoms with van der Waals surface area (Å²) < 4.78 is 10.6. The summed E-state index contributed by atoms with van der Waals surface area (Å²) >= 11 is 0. The van der Waals surface area contributed by atoms with E-state index in [0.29, 0.717) is 23.1 Å². The Morgan fingerprint density at radius 3 is 2.57 bits per heavy atom. The first kappa shape index (κ1) is 13.8. The highest BCUT2D eigenvalue weighted by molar-refractivity contribution is 5.90. The number of ether oxygens (including phenoxy) is 2. The van der Waals surface area contributed by atoms with Gasteiger partial charge in [0.2, 0.25) is 0 Å². The number of hydrogen-bond donors (Lipinski definition) is 3. The van der Waals surface area contributed by atoms with Crippen LogP contribution in [0.15, 0.2) is 12.1 Å². The average Bonchev–Trinajstić information content (AvgIpc) is 2.54. The number of nitrogens with one attached hydrogen (secondary N) is 2. The molecule has 3 rings (SSSR count). The van der Waals surface area contributed by atoms with Crippen molar-refractivity contribution in [3.8, 4) is 11.5 Å². The van der Waals surface area contributed by atoms with E-state index in [-0.39, 0.29) is 6.04 Å². The minimum Gasteiger partial charge on any atom is -0.493 e. The highest BCUT2D eigenvalue weighted by atomic mass is 16.5. The third-order valence-electron chi connectivity index (χ3n) is 3.60. The predicted octanol–water partition coefficient (Wildman–Crippen LogP) is 0.463. The van der Waals surface area contributed by atoms with Crippen LogP contribution < -0.4 is 25.8 Å². The summed E-state index contributed by atoms with van der Waals surface area (Å²) in [5.41, 5.74) is 6.84. The molecule has 1 aliphatic rings. The van der Waals surface area contributed by atoms with Gasteiger partial charge in [-0.25, -0.2) is 9.97 Å². The quantitative estimate of drug-likeness (QED) is 0.755. The number of piperazine rings is 1. The van der Waals surface area contributed by atoms with Crippen molar-refractivity contribution in [1.82, 2.24) is 20.6 Å². The standard InChI is InChI=1S/C14H19N5O2/c1-20-11-5-8-9(6-12(11)21-2)18-14(19-13(8)15)10-7-16-3-4-17-10/h5-6,10,16-17H,3-4,7H2,1-2H3,(H2,15,18,19). The van der Waals surface area contributed by atoms with Gasteiger partial charge in [0, 0.05) is 31.1 Å². The maximum absolute atomic E-state index is 6.08. The van der Waals surface area contributed by atoms with E-state index >= 15 is 0 Å². The zero-order valence-electron chi connectivity index (χ0n) is 12.1. The molecule has 0 saturated carbocycles. The highest BCUT2D eigenvalue weighted by Gasteiger charge is 2.19. The van der Waals surface area contributed by atoms with Crippen molar-refractivity contribution in [2.24, 2.45) is 0 Å². The SMILES string of the molecule is COc1cc2nc(C3CNCCN3)nc(N)c2cc1OC. The molecule has 1 aliphatic heterocycles. The molecule has 0 radical (unpaired) electrons. The van der Waals surface area contributed by atoms with Crippen LogP contribution in [0.2, 0.25) is 0 Å². The minimum absolute atomic E-state index is 0.0681. The van der Waals surface area contributed by atoms with Gasteiger partial charge in [-0.15, -0.1) is 0 Å². The molecule has 1 atom stereocenters. The van der Waals surface area contributed by atoms with E-state index in [9.17, 15) is 0 Å². The molecule has 0 bridgehead atoms. The molecule has 1 unspecified atom stereocenters. The Hall–Kier alpha value is -2.12. The number of benzene rings is 1. The fourth-order valence-electron chi connectivity index (χ4n) is 2.49. The Labute approximate surface area is 122 Å². The Balaban J connectivity index is 2.09. The molecule has 4 N–H and O–H groups in total. The van der Waals surface area contributed by atoms with Crippen LogP contribution in [0.5, 0.6) is 11.5 Å². The van der Waals surface area contributed by atoms with Crippen LogP contribution in [-0.4, -0.2) is 43.8 Å². The van der Waals surface area contributed by atoms with Crippen LogP contribution in [0.25, 0.3) is 10.9 Å². The second-order valence-corrected chi connectivity index (χ2v) is 4.90. The molecule has 21 heavy (non-hydrogen) atoms. The fraction of sp³-hybridized carbons (Fsp3) is 0.429. The number of rotatable bonds is 3. The van der Waals surface area contributed by atoms with Gasteiger partial charge in [-0.05, 0) is 6.07 Å². The van der Waals surface area contributed by atoms with Crippen molar-refractivity contribution < 1.29 is 9.47 Å². The van der Waals surface area contributed by atoms with Gasteiger partial charge in [0.05, 0.1) is 25.8 Å². The van der Waals surface area contributed by atoms with Crippen LogP contribution in [0.4, 0.5) is 5.82 Å². The van der Waals surface area contributed by atoms with Crippen LogP contribution in [-0.2, 0) is 0 Å². The smallest absolute Gasteiger partial charge is 0.162 e. The number of nitrogens with zero attached hydrogens (tertiary/aromatic N) is 2.